The number of amides is 1. The van der Waals surface area contributed by atoms with Crippen LogP contribution in [0.3, 0.4) is 0 Å². The van der Waals surface area contributed by atoms with Crippen LogP contribution in [0.15, 0.2) is 30.3 Å². The Morgan fingerprint density at radius 3 is 2.57 bits per heavy atom. The van der Waals surface area contributed by atoms with Crippen molar-refractivity contribution in [3.05, 3.63) is 35.9 Å². The second-order valence-electron chi connectivity index (χ2n) is 5.84. The first-order valence-corrected chi connectivity index (χ1v) is 9.44. The first-order valence-electron chi connectivity index (χ1n) is 7.62. The first-order chi connectivity index (χ1) is 10.9. The van der Waals surface area contributed by atoms with Crippen LogP contribution in [0.4, 0.5) is 0 Å². The minimum atomic E-state index is -3.36. The van der Waals surface area contributed by atoms with Gasteiger partial charge in [-0.15, -0.1) is 0 Å². The van der Waals surface area contributed by atoms with E-state index in [1.54, 1.807) is 24.3 Å². The monoisotopic (exact) mass is 339 g/mol. The van der Waals surface area contributed by atoms with Crippen LogP contribution in [0, 0.1) is 5.92 Å². The van der Waals surface area contributed by atoms with Gasteiger partial charge < -0.3 is 10.0 Å². The van der Waals surface area contributed by atoms with Crippen molar-refractivity contribution in [3.63, 3.8) is 0 Å². The highest BCUT2D eigenvalue weighted by Gasteiger charge is 2.28. The van der Waals surface area contributed by atoms with E-state index in [1.165, 1.54) is 4.90 Å². The zero-order valence-electron chi connectivity index (χ0n) is 12.8. The van der Waals surface area contributed by atoms with Crippen LogP contribution in [0.1, 0.15) is 24.8 Å². The van der Waals surface area contributed by atoms with E-state index >= 15 is 0 Å². The smallest absolute Gasteiger partial charge is 0.308 e. The molecule has 1 atom stereocenters. The zero-order valence-corrected chi connectivity index (χ0v) is 13.7. The molecule has 1 fully saturated rings. The highest BCUT2D eigenvalue weighted by Crippen LogP contribution is 2.18. The predicted octanol–water partition coefficient (Wildman–Crippen LogP) is 1.31. The average Bonchev–Trinajstić information content (AvgIpc) is 2.53. The van der Waals surface area contributed by atoms with Crippen molar-refractivity contribution in [2.45, 2.75) is 25.0 Å². The van der Waals surface area contributed by atoms with E-state index < -0.39 is 21.7 Å². The third-order valence-corrected chi connectivity index (χ3v) is 5.58. The molecule has 126 valence electrons. The summed E-state index contributed by atoms with van der Waals surface area (Å²) in [4.78, 5) is 24.6. The third-order valence-electron chi connectivity index (χ3n) is 3.98. The van der Waals surface area contributed by atoms with E-state index in [-0.39, 0.29) is 30.4 Å². The summed E-state index contributed by atoms with van der Waals surface area (Å²) in [5.74, 6) is -2.03. The van der Waals surface area contributed by atoms with Gasteiger partial charge in [0.25, 0.3) is 0 Å². The highest BCUT2D eigenvalue weighted by atomic mass is 32.2. The number of nitrogens with zero attached hydrogens (tertiary/aromatic N) is 1. The van der Waals surface area contributed by atoms with Crippen LogP contribution >= 0.6 is 0 Å². The number of carbonyl (C=O) groups is 2. The van der Waals surface area contributed by atoms with Crippen molar-refractivity contribution in [2.75, 3.05) is 18.8 Å². The molecule has 6 nitrogen and oxygen atoms in total. The van der Waals surface area contributed by atoms with Crippen LogP contribution in [0.5, 0.6) is 0 Å². The lowest BCUT2D eigenvalue weighted by Crippen LogP contribution is -2.42. The van der Waals surface area contributed by atoms with Gasteiger partial charge in [-0.05, 0) is 18.4 Å². The SMILES string of the molecule is O=C(O)[C@@H]1CCCN(C(=O)CCS(=O)(=O)Cc2ccccc2)C1. The lowest BCUT2D eigenvalue weighted by molar-refractivity contribution is -0.145. The second kappa shape index (κ2) is 7.59. The molecule has 0 unspecified atom stereocenters. The molecule has 2 rings (SSSR count). The molecule has 1 aliphatic heterocycles. The summed E-state index contributed by atoms with van der Waals surface area (Å²) in [6.07, 6.45) is 1.10. The van der Waals surface area contributed by atoms with Gasteiger partial charge in [0, 0.05) is 19.5 Å². The molecule has 0 aromatic heterocycles. The average molecular weight is 339 g/mol. The number of rotatable bonds is 6. The summed E-state index contributed by atoms with van der Waals surface area (Å²) >= 11 is 0. The fourth-order valence-corrected chi connectivity index (χ4v) is 4.04. The molecule has 1 heterocycles. The molecule has 0 aliphatic carbocycles. The van der Waals surface area contributed by atoms with Gasteiger partial charge in [-0.25, -0.2) is 8.42 Å². The fraction of sp³-hybridized carbons (Fsp3) is 0.500. The van der Waals surface area contributed by atoms with Crippen molar-refractivity contribution < 1.29 is 23.1 Å². The van der Waals surface area contributed by atoms with Crippen molar-refractivity contribution in [1.82, 2.24) is 4.90 Å². The maximum Gasteiger partial charge on any atom is 0.308 e. The number of benzene rings is 1. The molecule has 1 saturated heterocycles. The van der Waals surface area contributed by atoms with E-state index in [4.69, 9.17) is 5.11 Å². The topological polar surface area (TPSA) is 91.8 Å². The molecule has 1 aromatic carbocycles. The summed E-state index contributed by atoms with van der Waals surface area (Å²) in [5.41, 5.74) is 0.698. The quantitative estimate of drug-likeness (QED) is 0.844. The van der Waals surface area contributed by atoms with E-state index in [0.29, 0.717) is 24.9 Å². The van der Waals surface area contributed by atoms with Crippen molar-refractivity contribution in [2.24, 2.45) is 5.92 Å². The van der Waals surface area contributed by atoms with E-state index in [2.05, 4.69) is 0 Å². The van der Waals surface area contributed by atoms with Gasteiger partial charge >= 0.3 is 5.97 Å². The lowest BCUT2D eigenvalue weighted by Gasteiger charge is -2.30. The number of carbonyl (C=O) groups excluding carboxylic acids is 1. The molecule has 0 spiro atoms. The van der Waals surface area contributed by atoms with Crippen LogP contribution in [-0.4, -0.2) is 49.1 Å². The standard InChI is InChI=1S/C16H21NO5S/c18-15(17-9-4-7-14(11-17)16(19)20)8-10-23(21,22)12-13-5-2-1-3-6-13/h1-3,5-6,14H,4,7-12H2,(H,19,20)/t14-/m1/s1. The Labute approximate surface area is 136 Å². The van der Waals surface area contributed by atoms with E-state index in [1.807, 2.05) is 6.07 Å². The molecule has 7 heteroatoms. The highest BCUT2D eigenvalue weighted by molar-refractivity contribution is 7.90. The number of hydrogen-bond acceptors (Lipinski definition) is 4. The van der Waals surface area contributed by atoms with Crippen LogP contribution in [0.2, 0.25) is 0 Å². The van der Waals surface area contributed by atoms with Crippen LogP contribution < -0.4 is 0 Å². The fourth-order valence-electron chi connectivity index (χ4n) is 2.71. The van der Waals surface area contributed by atoms with Crippen molar-refractivity contribution in [1.29, 1.82) is 0 Å². The Bertz CT molecular complexity index is 656. The Morgan fingerprint density at radius 2 is 1.91 bits per heavy atom. The number of piperidine rings is 1. The minimum absolute atomic E-state index is 0.0845. The van der Waals surface area contributed by atoms with Crippen molar-refractivity contribution >= 4 is 21.7 Å². The number of carboxylic acids is 1. The molecular formula is C16H21NO5S. The predicted molar refractivity (Wildman–Crippen MR) is 85.5 cm³/mol. The zero-order chi connectivity index (χ0) is 16.9. The molecule has 1 amide bonds. The van der Waals surface area contributed by atoms with Gasteiger partial charge in [-0.3, -0.25) is 9.59 Å². The molecule has 0 radical (unpaired) electrons. The molecule has 23 heavy (non-hydrogen) atoms. The Balaban J connectivity index is 1.87. The van der Waals surface area contributed by atoms with E-state index in [9.17, 15) is 18.0 Å². The molecular weight excluding hydrogens is 318 g/mol. The maximum atomic E-state index is 12.1. The van der Waals surface area contributed by atoms with Crippen molar-refractivity contribution in [3.8, 4) is 0 Å². The number of aliphatic carboxylic acids is 1. The van der Waals surface area contributed by atoms with Crippen LogP contribution in [-0.2, 0) is 25.2 Å². The van der Waals surface area contributed by atoms with Gasteiger partial charge in [0.2, 0.25) is 5.91 Å². The largest absolute Gasteiger partial charge is 0.481 e. The number of hydrogen-bond donors (Lipinski definition) is 1. The summed E-state index contributed by atoms with van der Waals surface area (Å²) in [5, 5.41) is 9.03. The Morgan fingerprint density at radius 1 is 1.22 bits per heavy atom. The minimum Gasteiger partial charge on any atom is -0.481 e. The lowest BCUT2D eigenvalue weighted by atomic mass is 9.98. The molecule has 1 aliphatic rings. The molecule has 1 aromatic rings. The van der Waals surface area contributed by atoms with E-state index in [0.717, 1.165) is 0 Å². The summed E-state index contributed by atoms with van der Waals surface area (Å²) in [7, 11) is -3.36. The van der Waals surface area contributed by atoms with Gasteiger partial charge in [0.1, 0.15) is 0 Å². The second-order valence-corrected chi connectivity index (χ2v) is 8.03. The number of carboxylic acid groups (broad SMARTS) is 1. The molecule has 0 saturated carbocycles. The summed E-state index contributed by atoms with van der Waals surface area (Å²) in [6.45, 7) is 0.675. The van der Waals surface area contributed by atoms with Gasteiger partial charge in [-0.2, -0.15) is 0 Å². The normalized spacial score (nSPS) is 18.6. The third kappa shape index (κ3) is 5.35. The Hall–Kier alpha value is -1.89. The molecule has 0 bridgehead atoms. The maximum absolute atomic E-state index is 12.1. The summed E-state index contributed by atoms with van der Waals surface area (Å²) < 4.78 is 24.2. The van der Waals surface area contributed by atoms with Crippen LogP contribution in [0.25, 0.3) is 0 Å². The Kier molecular flexibility index (Phi) is 5.76. The van der Waals surface area contributed by atoms with Gasteiger partial charge in [0.15, 0.2) is 9.84 Å². The van der Waals surface area contributed by atoms with Gasteiger partial charge in [0.05, 0.1) is 17.4 Å². The number of likely N-dealkylation sites (tertiary alicyclic amines) is 1. The number of sulfone groups is 1. The molecule has 1 N–H and O–H groups in total. The first kappa shape index (κ1) is 17.5. The van der Waals surface area contributed by atoms with Gasteiger partial charge in [-0.1, -0.05) is 30.3 Å². The summed E-state index contributed by atoms with van der Waals surface area (Å²) in [6, 6.07) is 8.84.